The molecule has 5 nitrogen and oxygen atoms in total. The maximum atomic E-state index is 12.8. The molecule has 9 heteroatoms. The summed E-state index contributed by atoms with van der Waals surface area (Å²) in [5.74, 6) is 0.256. The highest BCUT2D eigenvalue weighted by Crippen LogP contribution is 2.31. The van der Waals surface area contributed by atoms with Crippen LogP contribution in [0, 0.1) is 5.92 Å². The van der Waals surface area contributed by atoms with Crippen LogP contribution < -0.4 is 0 Å². The number of pyridine rings is 1. The Hall–Kier alpha value is -2.09. The normalized spacial score (nSPS) is 17.2. The smallest absolute Gasteiger partial charge is 0.341 e. The van der Waals surface area contributed by atoms with Gasteiger partial charge in [0.1, 0.15) is 5.82 Å². The average Bonchev–Trinajstić information content (AvgIpc) is 2.98. The van der Waals surface area contributed by atoms with E-state index in [0.29, 0.717) is 37.3 Å². The maximum Gasteiger partial charge on any atom is 0.434 e. The molecule has 0 bridgehead atoms. The molecule has 1 unspecified atom stereocenters. The Bertz CT molecular complexity index is 790. The zero-order valence-electron chi connectivity index (χ0n) is 13.4. The van der Waals surface area contributed by atoms with Gasteiger partial charge in [0.15, 0.2) is 5.69 Å². The second kappa shape index (κ2) is 6.67. The second-order valence-corrected chi connectivity index (χ2v) is 6.55. The minimum absolute atomic E-state index is 0.0531. The van der Waals surface area contributed by atoms with Crippen molar-refractivity contribution in [2.24, 2.45) is 5.92 Å². The van der Waals surface area contributed by atoms with E-state index < -0.39 is 11.9 Å². The molecule has 0 aliphatic carbocycles. The summed E-state index contributed by atoms with van der Waals surface area (Å²) in [7, 11) is 1.66. The Balaban J connectivity index is 1.67. The van der Waals surface area contributed by atoms with E-state index in [2.05, 4.69) is 9.97 Å². The average molecular weight is 373 g/mol. The van der Waals surface area contributed by atoms with Crippen molar-refractivity contribution in [3.05, 3.63) is 46.8 Å². The molecule has 2 aromatic heterocycles. The molecule has 0 N–H and O–H groups in total. The Labute approximate surface area is 147 Å². The molecule has 1 aliphatic rings. The highest BCUT2D eigenvalue weighted by molar-refractivity contribution is 6.33. The van der Waals surface area contributed by atoms with Gasteiger partial charge in [-0.05, 0) is 18.4 Å². The van der Waals surface area contributed by atoms with Crippen molar-refractivity contribution in [2.45, 2.75) is 25.6 Å². The van der Waals surface area contributed by atoms with Gasteiger partial charge in [0.25, 0.3) is 5.91 Å². The lowest BCUT2D eigenvalue weighted by atomic mass is 9.98. The number of carbonyl (C=O) groups excluding carboxylic acids is 1. The van der Waals surface area contributed by atoms with Gasteiger partial charge in [-0.1, -0.05) is 11.6 Å². The molecule has 0 saturated carbocycles. The molecule has 25 heavy (non-hydrogen) atoms. The number of fused-ring (bicyclic) bond motifs is 1. The van der Waals surface area contributed by atoms with E-state index in [4.69, 9.17) is 11.6 Å². The van der Waals surface area contributed by atoms with Gasteiger partial charge in [0.05, 0.1) is 10.6 Å². The maximum absolute atomic E-state index is 12.8. The van der Waals surface area contributed by atoms with E-state index in [0.717, 1.165) is 6.20 Å². The molecular weight excluding hydrogens is 357 g/mol. The number of halogens is 4. The zero-order chi connectivity index (χ0) is 18.2. The summed E-state index contributed by atoms with van der Waals surface area (Å²) in [6.07, 6.45) is 0.631. The summed E-state index contributed by atoms with van der Waals surface area (Å²) in [6.45, 7) is 0.830. The van der Waals surface area contributed by atoms with E-state index in [1.807, 2.05) is 0 Å². The molecule has 0 saturated heterocycles. The summed E-state index contributed by atoms with van der Waals surface area (Å²) in [6, 6.07) is 1.55. The summed E-state index contributed by atoms with van der Waals surface area (Å²) in [4.78, 5) is 21.5. The molecule has 0 radical (unpaired) electrons. The van der Waals surface area contributed by atoms with Crippen LogP contribution in [-0.4, -0.2) is 38.9 Å². The zero-order valence-corrected chi connectivity index (χ0v) is 14.2. The van der Waals surface area contributed by atoms with Crippen LogP contribution >= 0.6 is 11.6 Å². The molecule has 2 aromatic rings. The van der Waals surface area contributed by atoms with Crippen LogP contribution in [0.3, 0.4) is 0 Å². The van der Waals surface area contributed by atoms with Crippen LogP contribution in [-0.2, 0) is 19.1 Å². The number of hydrogen-bond donors (Lipinski definition) is 0. The lowest BCUT2D eigenvalue weighted by molar-refractivity contribution is -0.141. The van der Waals surface area contributed by atoms with Gasteiger partial charge in [-0.2, -0.15) is 13.2 Å². The Morgan fingerprint density at radius 2 is 2.24 bits per heavy atom. The third-order valence-electron chi connectivity index (χ3n) is 4.26. The summed E-state index contributed by atoms with van der Waals surface area (Å²) < 4.78 is 39.8. The fourth-order valence-electron chi connectivity index (χ4n) is 3.02. The molecule has 3 rings (SSSR count). The van der Waals surface area contributed by atoms with Crippen molar-refractivity contribution >= 4 is 17.5 Å². The number of aromatic nitrogens is 3. The fraction of sp³-hybridized carbons (Fsp3) is 0.438. The van der Waals surface area contributed by atoms with E-state index >= 15 is 0 Å². The number of carbonyl (C=O) groups is 1. The molecule has 0 spiro atoms. The first kappa shape index (κ1) is 17.7. The van der Waals surface area contributed by atoms with Gasteiger partial charge in [0, 0.05) is 45.1 Å². The highest BCUT2D eigenvalue weighted by Gasteiger charge is 2.36. The van der Waals surface area contributed by atoms with Crippen molar-refractivity contribution in [1.29, 1.82) is 0 Å². The monoisotopic (exact) mass is 372 g/mol. The van der Waals surface area contributed by atoms with E-state index in [-0.39, 0.29) is 16.8 Å². The summed E-state index contributed by atoms with van der Waals surface area (Å²) >= 11 is 5.99. The van der Waals surface area contributed by atoms with Gasteiger partial charge in [-0.25, -0.2) is 4.98 Å². The standard InChI is InChI=1S/C16H16ClF3N4O/c1-23(15(25)11-4-5-21-6-12(11)17)7-10-2-3-14-22-13(16(18,19)20)9-24(14)8-10/h4-6,9-10H,2-3,7-8H2,1H3. The first-order valence-corrected chi connectivity index (χ1v) is 8.11. The van der Waals surface area contributed by atoms with Crippen molar-refractivity contribution in [2.75, 3.05) is 13.6 Å². The van der Waals surface area contributed by atoms with Crippen molar-refractivity contribution in [3.8, 4) is 0 Å². The minimum atomic E-state index is -4.44. The van der Waals surface area contributed by atoms with Gasteiger partial charge >= 0.3 is 6.18 Å². The molecule has 0 aromatic carbocycles. The van der Waals surface area contributed by atoms with Crippen LogP contribution in [0.2, 0.25) is 5.02 Å². The van der Waals surface area contributed by atoms with Crippen LogP contribution in [0.5, 0.6) is 0 Å². The SMILES string of the molecule is CN(CC1CCc2nc(C(F)(F)F)cn2C1)C(=O)c1ccncc1Cl. The van der Waals surface area contributed by atoms with E-state index in [9.17, 15) is 18.0 Å². The third kappa shape index (κ3) is 3.78. The number of imidazole rings is 1. The predicted molar refractivity (Wildman–Crippen MR) is 85.2 cm³/mol. The fourth-order valence-corrected chi connectivity index (χ4v) is 3.22. The highest BCUT2D eigenvalue weighted by atomic mass is 35.5. The molecule has 0 fully saturated rings. The Kier molecular flexibility index (Phi) is 4.73. The van der Waals surface area contributed by atoms with Gasteiger partial charge < -0.3 is 9.47 Å². The minimum Gasteiger partial charge on any atom is -0.341 e. The van der Waals surface area contributed by atoms with Crippen molar-refractivity contribution in [1.82, 2.24) is 19.4 Å². The number of alkyl halides is 3. The number of hydrogen-bond acceptors (Lipinski definition) is 3. The third-order valence-corrected chi connectivity index (χ3v) is 4.56. The van der Waals surface area contributed by atoms with Crippen LogP contribution in [0.1, 0.15) is 28.3 Å². The molecular formula is C16H16ClF3N4O. The molecule has 134 valence electrons. The molecule has 1 aliphatic heterocycles. The number of amides is 1. The quantitative estimate of drug-likeness (QED) is 0.830. The van der Waals surface area contributed by atoms with E-state index in [1.165, 1.54) is 17.0 Å². The van der Waals surface area contributed by atoms with Crippen LogP contribution in [0.4, 0.5) is 13.2 Å². The first-order valence-electron chi connectivity index (χ1n) is 7.74. The second-order valence-electron chi connectivity index (χ2n) is 6.14. The molecule has 1 atom stereocenters. The molecule has 3 heterocycles. The van der Waals surface area contributed by atoms with Crippen molar-refractivity contribution in [3.63, 3.8) is 0 Å². The largest absolute Gasteiger partial charge is 0.434 e. The van der Waals surface area contributed by atoms with Crippen molar-refractivity contribution < 1.29 is 18.0 Å². The Morgan fingerprint density at radius 1 is 1.48 bits per heavy atom. The topological polar surface area (TPSA) is 51.0 Å². The van der Waals surface area contributed by atoms with Crippen LogP contribution in [0.15, 0.2) is 24.7 Å². The first-order chi connectivity index (χ1) is 11.8. The lowest BCUT2D eigenvalue weighted by Crippen LogP contribution is -2.35. The van der Waals surface area contributed by atoms with Gasteiger partial charge in [0.2, 0.25) is 0 Å². The lowest BCUT2D eigenvalue weighted by Gasteiger charge is -2.28. The number of rotatable bonds is 3. The predicted octanol–water partition coefficient (Wildman–Crippen LogP) is 3.28. The van der Waals surface area contributed by atoms with Gasteiger partial charge in [-0.15, -0.1) is 0 Å². The van der Waals surface area contributed by atoms with Crippen LogP contribution in [0.25, 0.3) is 0 Å². The van der Waals surface area contributed by atoms with E-state index in [1.54, 1.807) is 18.0 Å². The Morgan fingerprint density at radius 3 is 2.92 bits per heavy atom. The molecule has 1 amide bonds. The number of aryl methyl sites for hydroxylation is 1. The summed E-state index contributed by atoms with van der Waals surface area (Å²) in [5.41, 5.74) is -0.506. The number of nitrogens with zero attached hydrogens (tertiary/aromatic N) is 4. The van der Waals surface area contributed by atoms with Gasteiger partial charge in [-0.3, -0.25) is 9.78 Å². The summed E-state index contributed by atoms with van der Waals surface area (Å²) in [5, 5.41) is 0.273.